The molecule has 2 atom stereocenters. The third-order valence-corrected chi connectivity index (χ3v) is 5.35. The van der Waals surface area contributed by atoms with Crippen molar-refractivity contribution in [3.05, 3.63) is 40.9 Å². The third-order valence-electron chi connectivity index (χ3n) is 5.02. The first kappa shape index (κ1) is 21.6. The molecular weight excluding hydrogens is 360 g/mol. The average molecular weight is 393 g/mol. The molecule has 1 aromatic rings. The Kier molecular flexibility index (Phi) is 7.21. The minimum atomic E-state index is -0.458. The van der Waals surface area contributed by atoms with Gasteiger partial charge in [0.1, 0.15) is 5.60 Å². The van der Waals surface area contributed by atoms with Crippen molar-refractivity contribution in [2.45, 2.75) is 59.0 Å². The van der Waals surface area contributed by atoms with Crippen LogP contribution in [0, 0.1) is 11.8 Å². The topological polar surface area (TPSA) is 55.6 Å². The van der Waals surface area contributed by atoms with Crippen LogP contribution in [-0.2, 0) is 11.2 Å². The number of likely N-dealkylation sites (tertiary alicyclic amines) is 1. The highest BCUT2D eigenvalue weighted by Crippen LogP contribution is 2.33. The van der Waals surface area contributed by atoms with Crippen LogP contribution in [0.1, 0.15) is 52.5 Å². The lowest BCUT2D eigenvalue weighted by atomic mass is 9.82. The zero-order valence-corrected chi connectivity index (χ0v) is 17.8. The number of nitrogens with two attached hydrogens (primary N) is 1. The standard InChI is InChI=1S/C22H33ClN2O2/c1-15(2)12-17(8-6-16-7-9-20(24)19(23)13-16)18-10-11-25(14-18)21(26)27-22(3,4)5/h7,9,13,17-18H,1,6,8,10-12,14,24H2,2-5H3/t17?,18-/m0/s1. The quantitative estimate of drug-likeness (QED) is 0.499. The van der Waals surface area contributed by atoms with Crippen molar-refractivity contribution in [2.75, 3.05) is 18.8 Å². The fourth-order valence-electron chi connectivity index (χ4n) is 3.69. The smallest absolute Gasteiger partial charge is 0.410 e. The molecule has 150 valence electrons. The van der Waals surface area contributed by atoms with Gasteiger partial charge in [-0.3, -0.25) is 0 Å². The monoisotopic (exact) mass is 392 g/mol. The number of aryl methyl sites for hydroxylation is 1. The first-order valence-corrected chi connectivity index (χ1v) is 10.1. The Labute approximate surface area is 168 Å². The minimum Gasteiger partial charge on any atom is -0.444 e. The van der Waals surface area contributed by atoms with Crippen LogP contribution in [-0.4, -0.2) is 29.7 Å². The second-order valence-corrected chi connectivity index (χ2v) is 9.20. The van der Waals surface area contributed by atoms with Crippen LogP contribution < -0.4 is 5.73 Å². The van der Waals surface area contributed by atoms with E-state index >= 15 is 0 Å². The zero-order valence-electron chi connectivity index (χ0n) is 17.1. The summed E-state index contributed by atoms with van der Waals surface area (Å²) in [5.41, 5.74) is 8.34. The van der Waals surface area contributed by atoms with Crippen molar-refractivity contribution in [3.63, 3.8) is 0 Å². The summed E-state index contributed by atoms with van der Waals surface area (Å²) >= 11 is 6.15. The van der Waals surface area contributed by atoms with E-state index in [-0.39, 0.29) is 6.09 Å². The van der Waals surface area contributed by atoms with Gasteiger partial charge in [-0.25, -0.2) is 4.79 Å². The van der Waals surface area contributed by atoms with Gasteiger partial charge in [-0.05, 0) is 82.9 Å². The van der Waals surface area contributed by atoms with Crippen molar-refractivity contribution < 1.29 is 9.53 Å². The van der Waals surface area contributed by atoms with Crippen LogP contribution in [0.25, 0.3) is 0 Å². The molecule has 0 spiro atoms. The maximum atomic E-state index is 12.4. The lowest BCUT2D eigenvalue weighted by molar-refractivity contribution is 0.0283. The summed E-state index contributed by atoms with van der Waals surface area (Å²) < 4.78 is 5.53. The van der Waals surface area contributed by atoms with Gasteiger partial charge >= 0.3 is 6.09 Å². The summed E-state index contributed by atoms with van der Waals surface area (Å²) in [4.78, 5) is 14.2. The van der Waals surface area contributed by atoms with E-state index in [0.29, 0.717) is 22.5 Å². The van der Waals surface area contributed by atoms with E-state index in [0.717, 1.165) is 38.8 Å². The van der Waals surface area contributed by atoms with Gasteiger partial charge in [0.15, 0.2) is 0 Å². The van der Waals surface area contributed by atoms with Crippen LogP contribution in [0.3, 0.4) is 0 Å². The van der Waals surface area contributed by atoms with Crippen molar-refractivity contribution >= 4 is 23.4 Å². The van der Waals surface area contributed by atoms with Crippen LogP contribution in [0.15, 0.2) is 30.4 Å². The molecule has 0 radical (unpaired) electrons. The fourth-order valence-corrected chi connectivity index (χ4v) is 3.90. The number of nitrogen functional groups attached to an aromatic ring is 1. The Morgan fingerprint density at radius 1 is 1.44 bits per heavy atom. The van der Waals surface area contributed by atoms with Gasteiger partial charge in [0.2, 0.25) is 0 Å². The predicted molar refractivity (Wildman–Crippen MR) is 113 cm³/mol. The van der Waals surface area contributed by atoms with Crippen LogP contribution in [0.5, 0.6) is 0 Å². The van der Waals surface area contributed by atoms with Crippen molar-refractivity contribution in [3.8, 4) is 0 Å². The van der Waals surface area contributed by atoms with Crippen molar-refractivity contribution in [2.24, 2.45) is 11.8 Å². The molecule has 2 N–H and O–H groups in total. The predicted octanol–water partition coefficient (Wildman–Crippen LogP) is 5.69. The third kappa shape index (κ3) is 6.76. The Hall–Kier alpha value is -1.68. The lowest BCUT2D eigenvalue weighted by Gasteiger charge is -2.26. The Bertz CT molecular complexity index is 681. The summed E-state index contributed by atoms with van der Waals surface area (Å²) in [6, 6.07) is 5.86. The molecular formula is C22H33ClN2O2. The van der Waals surface area contributed by atoms with E-state index in [4.69, 9.17) is 22.1 Å². The maximum Gasteiger partial charge on any atom is 0.410 e. The molecule has 1 aliphatic rings. The molecule has 0 saturated carbocycles. The van der Waals surface area contributed by atoms with Gasteiger partial charge in [0, 0.05) is 13.1 Å². The number of hydrogen-bond donors (Lipinski definition) is 1. The summed E-state index contributed by atoms with van der Waals surface area (Å²) in [5.74, 6) is 0.963. The van der Waals surface area contributed by atoms with Gasteiger partial charge in [0.25, 0.3) is 0 Å². The van der Waals surface area contributed by atoms with E-state index in [9.17, 15) is 4.79 Å². The summed E-state index contributed by atoms with van der Waals surface area (Å²) in [6.07, 6.45) is 3.78. The average Bonchev–Trinajstić information content (AvgIpc) is 3.02. The molecule has 1 heterocycles. The molecule has 1 unspecified atom stereocenters. The number of amides is 1. The van der Waals surface area contributed by atoms with E-state index in [1.165, 1.54) is 11.1 Å². The van der Waals surface area contributed by atoms with E-state index < -0.39 is 5.60 Å². The molecule has 2 rings (SSSR count). The number of halogens is 1. The molecule has 4 nitrogen and oxygen atoms in total. The number of hydrogen-bond acceptors (Lipinski definition) is 3. The summed E-state index contributed by atoms with van der Waals surface area (Å²) in [7, 11) is 0. The summed E-state index contributed by atoms with van der Waals surface area (Å²) in [6.45, 7) is 13.4. The number of allylic oxidation sites excluding steroid dienone is 1. The molecule has 0 aromatic heterocycles. The molecule has 5 heteroatoms. The van der Waals surface area contributed by atoms with Crippen LogP contribution in [0.4, 0.5) is 10.5 Å². The number of rotatable bonds is 6. The number of ether oxygens (including phenoxy) is 1. The van der Waals surface area contributed by atoms with Gasteiger partial charge < -0.3 is 15.4 Å². The van der Waals surface area contributed by atoms with E-state index in [1.54, 1.807) is 0 Å². The van der Waals surface area contributed by atoms with Gasteiger partial charge in [-0.15, -0.1) is 6.58 Å². The molecule has 0 bridgehead atoms. The first-order valence-electron chi connectivity index (χ1n) is 9.71. The molecule has 27 heavy (non-hydrogen) atoms. The molecule has 0 aliphatic carbocycles. The van der Waals surface area contributed by atoms with Crippen LogP contribution in [0.2, 0.25) is 5.02 Å². The Morgan fingerprint density at radius 2 is 2.15 bits per heavy atom. The Morgan fingerprint density at radius 3 is 2.74 bits per heavy atom. The maximum absolute atomic E-state index is 12.4. The fraction of sp³-hybridized carbons (Fsp3) is 0.591. The van der Waals surface area contributed by atoms with Gasteiger partial charge in [-0.2, -0.15) is 0 Å². The highest BCUT2D eigenvalue weighted by Gasteiger charge is 2.33. The zero-order chi connectivity index (χ0) is 20.2. The number of anilines is 1. The summed E-state index contributed by atoms with van der Waals surface area (Å²) in [5, 5.41) is 0.612. The van der Waals surface area contributed by atoms with Crippen molar-refractivity contribution in [1.82, 2.24) is 4.90 Å². The van der Waals surface area contributed by atoms with E-state index in [2.05, 4.69) is 13.5 Å². The molecule has 1 aromatic carbocycles. The molecule has 1 fully saturated rings. The van der Waals surface area contributed by atoms with Gasteiger partial charge in [0.05, 0.1) is 10.7 Å². The minimum absolute atomic E-state index is 0.204. The number of carbonyl (C=O) groups excluding carboxylic acids is 1. The second-order valence-electron chi connectivity index (χ2n) is 8.79. The SMILES string of the molecule is C=C(C)CC(CCc1ccc(N)c(Cl)c1)[C@H]1CCN(C(=O)OC(C)(C)C)C1. The molecule has 1 saturated heterocycles. The highest BCUT2D eigenvalue weighted by molar-refractivity contribution is 6.33. The highest BCUT2D eigenvalue weighted by atomic mass is 35.5. The van der Waals surface area contributed by atoms with Crippen LogP contribution >= 0.6 is 11.6 Å². The van der Waals surface area contributed by atoms with E-state index in [1.807, 2.05) is 43.9 Å². The molecule has 1 aliphatic heterocycles. The van der Waals surface area contributed by atoms with Crippen molar-refractivity contribution in [1.29, 1.82) is 0 Å². The largest absolute Gasteiger partial charge is 0.444 e. The first-order chi connectivity index (χ1) is 12.5. The molecule has 1 amide bonds. The van der Waals surface area contributed by atoms with Gasteiger partial charge in [-0.1, -0.05) is 23.2 Å². The number of nitrogens with zero attached hydrogens (tertiary/aromatic N) is 1. The normalized spacial score (nSPS) is 18.4. The second kappa shape index (κ2) is 9.01. The number of benzene rings is 1. The Balaban J connectivity index is 1.98. The lowest BCUT2D eigenvalue weighted by Crippen LogP contribution is -2.35. The number of carbonyl (C=O) groups is 1.